The Kier molecular flexibility index (Phi) is 4.70. The lowest BCUT2D eigenvalue weighted by Gasteiger charge is -2.21. The van der Waals surface area contributed by atoms with E-state index in [-0.39, 0.29) is 19.4 Å². The van der Waals surface area contributed by atoms with Crippen LogP contribution in [0.4, 0.5) is 0 Å². The van der Waals surface area contributed by atoms with E-state index in [1.54, 1.807) is 31.4 Å². The molecule has 7 nitrogen and oxygen atoms in total. The van der Waals surface area contributed by atoms with Crippen molar-refractivity contribution < 1.29 is 22.7 Å². The van der Waals surface area contributed by atoms with Gasteiger partial charge in [-0.3, -0.25) is 9.59 Å². The average Bonchev–Trinajstić information content (AvgIpc) is 2.87. The molecule has 2 rings (SSSR count). The molecule has 1 aliphatic heterocycles. The zero-order valence-electron chi connectivity index (χ0n) is 12.4. The summed E-state index contributed by atoms with van der Waals surface area (Å²) in [5.41, 5.74) is 0.851. The van der Waals surface area contributed by atoms with Gasteiger partial charge in [0.05, 0.1) is 13.4 Å². The molecule has 1 heterocycles. The Balaban J connectivity index is 2.01. The maximum atomic E-state index is 12.2. The predicted molar refractivity (Wildman–Crippen MR) is 79.6 cm³/mol. The van der Waals surface area contributed by atoms with Crippen molar-refractivity contribution in [2.45, 2.75) is 25.4 Å². The molecule has 1 unspecified atom stereocenters. The van der Waals surface area contributed by atoms with E-state index in [9.17, 15) is 18.0 Å². The maximum Gasteiger partial charge on any atom is 0.244 e. The smallest absolute Gasteiger partial charge is 0.244 e. The summed E-state index contributed by atoms with van der Waals surface area (Å²) in [5, 5.41) is 2.66. The van der Waals surface area contributed by atoms with Crippen LogP contribution in [0.3, 0.4) is 0 Å². The highest BCUT2D eigenvalue weighted by Crippen LogP contribution is 2.22. The van der Waals surface area contributed by atoms with Gasteiger partial charge in [0, 0.05) is 13.0 Å². The highest BCUT2D eigenvalue weighted by atomic mass is 32.2. The van der Waals surface area contributed by atoms with Crippen LogP contribution in [0.5, 0.6) is 5.75 Å². The molecule has 22 heavy (non-hydrogen) atoms. The van der Waals surface area contributed by atoms with Gasteiger partial charge in [-0.05, 0) is 24.1 Å². The fourth-order valence-electron chi connectivity index (χ4n) is 2.37. The largest absolute Gasteiger partial charge is 0.497 e. The molecule has 1 aliphatic rings. The summed E-state index contributed by atoms with van der Waals surface area (Å²) >= 11 is 0. The fraction of sp³-hybridized carbons (Fsp3) is 0.429. The Hall–Kier alpha value is -2.09. The molecule has 0 radical (unpaired) electrons. The minimum atomic E-state index is -3.73. The second-order valence-corrected chi connectivity index (χ2v) is 6.93. The molecule has 0 saturated carbocycles. The Morgan fingerprint density at radius 2 is 2.00 bits per heavy atom. The van der Waals surface area contributed by atoms with Crippen LogP contribution in [0.15, 0.2) is 24.3 Å². The summed E-state index contributed by atoms with van der Waals surface area (Å²) in [5.74, 6) is -0.293. The number of carbonyl (C=O) groups is 2. The van der Waals surface area contributed by atoms with Gasteiger partial charge in [-0.1, -0.05) is 12.1 Å². The Morgan fingerprint density at radius 3 is 2.55 bits per heavy atom. The van der Waals surface area contributed by atoms with Crippen molar-refractivity contribution in [3.05, 3.63) is 29.8 Å². The van der Waals surface area contributed by atoms with Gasteiger partial charge in [-0.2, -0.15) is 0 Å². The fourth-order valence-corrected chi connectivity index (χ4v) is 3.49. The van der Waals surface area contributed by atoms with Crippen molar-refractivity contribution in [1.29, 1.82) is 0 Å². The molecule has 1 atom stereocenters. The number of carbonyl (C=O) groups excluding carboxylic acids is 2. The molecule has 1 N–H and O–H groups in total. The van der Waals surface area contributed by atoms with Gasteiger partial charge in [0.15, 0.2) is 0 Å². The molecule has 0 bridgehead atoms. The molecule has 0 aromatic heterocycles. The van der Waals surface area contributed by atoms with E-state index in [0.717, 1.165) is 11.8 Å². The van der Waals surface area contributed by atoms with Gasteiger partial charge in [-0.25, -0.2) is 12.7 Å². The van der Waals surface area contributed by atoms with Crippen molar-refractivity contribution in [3.8, 4) is 5.75 Å². The maximum absolute atomic E-state index is 12.2. The van der Waals surface area contributed by atoms with Gasteiger partial charge >= 0.3 is 0 Å². The lowest BCUT2D eigenvalue weighted by Crippen LogP contribution is -2.46. The number of methoxy groups -OCH3 is 1. The van der Waals surface area contributed by atoms with Gasteiger partial charge in [-0.15, -0.1) is 0 Å². The molecule has 1 aromatic carbocycles. The van der Waals surface area contributed by atoms with Crippen LogP contribution in [0.25, 0.3) is 0 Å². The summed E-state index contributed by atoms with van der Waals surface area (Å²) < 4.78 is 28.9. The standard InChI is InChI=1S/C14H18N2O5S/c1-21-11-5-3-10(4-6-11)9-15-14(18)12-7-8-13(17)16(12)22(2,19)20/h3-6,12H,7-9H2,1-2H3,(H,15,18). The predicted octanol–water partition coefficient (Wildman–Crippen LogP) is 0.262. The van der Waals surface area contributed by atoms with Gasteiger partial charge in [0.1, 0.15) is 11.8 Å². The van der Waals surface area contributed by atoms with Crippen molar-refractivity contribution in [2.75, 3.05) is 13.4 Å². The molecule has 8 heteroatoms. The van der Waals surface area contributed by atoms with Gasteiger partial charge in [0.2, 0.25) is 21.8 Å². The number of rotatable bonds is 5. The van der Waals surface area contributed by atoms with E-state index < -0.39 is 27.9 Å². The zero-order chi connectivity index (χ0) is 16.3. The number of benzene rings is 1. The zero-order valence-corrected chi connectivity index (χ0v) is 13.2. The molecule has 0 spiro atoms. The van der Waals surface area contributed by atoms with Gasteiger partial charge < -0.3 is 10.1 Å². The van der Waals surface area contributed by atoms with Crippen LogP contribution in [0, 0.1) is 0 Å². The minimum absolute atomic E-state index is 0.0632. The first-order chi connectivity index (χ1) is 10.3. The number of nitrogens with zero attached hydrogens (tertiary/aromatic N) is 1. The first-order valence-corrected chi connectivity index (χ1v) is 8.60. The SMILES string of the molecule is COc1ccc(CNC(=O)C2CCC(=O)N2S(C)(=O)=O)cc1. The summed E-state index contributed by atoms with van der Waals surface area (Å²) in [6.45, 7) is 0.255. The third-order valence-electron chi connectivity index (χ3n) is 3.45. The molecule has 120 valence electrons. The molecular weight excluding hydrogens is 308 g/mol. The van der Waals surface area contributed by atoms with Crippen LogP contribution < -0.4 is 10.1 Å². The van der Waals surface area contributed by atoms with E-state index in [2.05, 4.69) is 5.32 Å². The highest BCUT2D eigenvalue weighted by Gasteiger charge is 2.41. The van der Waals surface area contributed by atoms with E-state index in [1.165, 1.54) is 0 Å². The van der Waals surface area contributed by atoms with Crippen LogP contribution >= 0.6 is 0 Å². The second-order valence-electron chi connectivity index (χ2n) is 5.07. The lowest BCUT2D eigenvalue weighted by molar-refractivity contribution is -0.130. The molecule has 0 aliphatic carbocycles. The Morgan fingerprint density at radius 1 is 1.36 bits per heavy atom. The average molecular weight is 326 g/mol. The summed E-state index contributed by atoms with van der Waals surface area (Å²) in [4.78, 5) is 23.8. The summed E-state index contributed by atoms with van der Waals surface area (Å²) in [7, 11) is -2.17. The Labute approximate surface area is 129 Å². The number of hydrogen-bond donors (Lipinski definition) is 1. The molecule has 1 fully saturated rings. The van der Waals surface area contributed by atoms with E-state index >= 15 is 0 Å². The first-order valence-electron chi connectivity index (χ1n) is 6.76. The lowest BCUT2D eigenvalue weighted by atomic mass is 10.2. The number of amides is 2. The van der Waals surface area contributed by atoms with E-state index in [0.29, 0.717) is 10.1 Å². The number of sulfonamides is 1. The second kappa shape index (κ2) is 6.35. The van der Waals surface area contributed by atoms with Gasteiger partial charge in [0.25, 0.3) is 0 Å². The summed E-state index contributed by atoms with van der Waals surface area (Å²) in [6.07, 6.45) is 1.20. The van der Waals surface area contributed by atoms with E-state index in [1.807, 2.05) is 0 Å². The Bertz CT molecular complexity index is 669. The molecule has 1 saturated heterocycles. The van der Waals surface area contributed by atoms with Crippen molar-refractivity contribution in [1.82, 2.24) is 9.62 Å². The monoisotopic (exact) mass is 326 g/mol. The quantitative estimate of drug-likeness (QED) is 0.838. The normalized spacial score (nSPS) is 18.4. The van der Waals surface area contributed by atoms with Crippen LogP contribution in [-0.2, 0) is 26.2 Å². The van der Waals surface area contributed by atoms with Crippen LogP contribution in [-0.4, -0.2) is 43.9 Å². The molecule has 1 aromatic rings. The number of ether oxygens (including phenoxy) is 1. The topological polar surface area (TPSA) is 92.8 Å². The van der Waals surface area contributed by atoms with Crippen LogP contribution in [0.1, 0.15) is 18.4 Å². The number of nitrogens with one attached hydrogen (secondary N) is 1. The minimum Gasteiger partial charge on any atom is -0.497 e. The first kappa shape index (κ1) is 16.3. The molecular formula is C14H18N2O5S. The van der Waals surface area contributed by atoms with Crippen molar-refractivity contribution >= 4 is 21.8 Å². The molecule has 2 amide bonds. The van der Waals surface area contributed by atoms with Crippen molar-refractivity contribution in [2.24, 2.45) is 0 Å². The number of hydrogen-bond acceptors (Lipinski definition) is 5. The van der Waals surface area contributed by atoms with Crippen LogP contribution in [0.2, 0.25) is 0 Å². The highest BCUT2D eigenvalue weighted by molar-refractivity contribution is 7.89. The third-order valence-corrected chi connectivity index (χ3v) is 4.62. The van der Waals surface area contributed by atoms with E-state index in [4.69, 9.17) is 4.74 Å². The summed E-state index contributed by atoms with van der Waals surface area (Å²) in [6, 6.07) is 6.17. The van der Waals surface area contributed by atoms with Crippen molar-refractivity contribution in [3.63, 3.8) is 0 Å². The third kappa shape index (κ3) is 3.56.